The van der Waals surface area contributed by atoms with E-state index in [0.29, 0.717) is 16.8 Å². The number of nitrogens with one attached hydrogen (secondary N) is 1. The number of hydrogen-bond donors (Lipinski definition) is 1. The number of halogens is 2. The summed E-state index contributed by atoms with van der Waals surface area (Å²) in [6.07, 6.45) is 5.22. The Balaban J connectivity index is 1.74. The number of carbonyl (C=O) groups excluding carboxylic acids is 1. The van der Waals surface area contributed by atoms with E-state index in [4.69, 9.17) is 0 Å². The van der Waals surface area contributed by atoms with Gasteiger partial charge in [-0.05, 0) is 41.8 Å². The van der Waals surface area contributed by atoms with Crippen LogP contribution in [0.5, 0.6) is 0 Å². The van der Waals surface area contributed by atoms with Crippen molar-refractivity contribution in [2.45, 2.75) is 19.8 Å². The first-order chi connectivity index (χ1) is 14.4. The van der Waals surface area contributed by atoms with E-state index in [1.165, 1.54) is 6.07 Å². The molecule has 9 heteroatoms. The average molecular weight is 514 g/mol. The van der Waals surface area contributed by atoms with Crippen LogP contribution in [0.25, 0.3) is 16.6 Å². The lowest BCUT2D eigenvalue weighted by Crippen LogP contribution is -2.18. The Morgan fingerprint density at radius 2 is 2.03 bits per heavy atom. The van der Waals surface area contributed by atoms with Crippen LogP contribution in [0.3, 0.4) is 0 Å². The minimum absolute atomic E-state index is 0.108. The number of nitriles is 1. The maximum absolute atomic E-state index is 14.6. The van der Waals surface area contributed by atoms with Crippen LogP contribution in [-0.4, -0.2) is 23.7 Å². The molecule has 2 aromatic carbocycles. The van der Waals surface area contributed by atoms with Crippen LogP contribution < -0.4 is 5.32 Å². The Bertz CT molecular complexity index is 1320. The van der Waals surface area contributed by atoms with Crippen LogP contribution in [0, 0.1) is 17.1 Å². The van der Waals surface area contributed by atoms with E-state index in [9.17, 15) is 14.4 Å². The molecule has 4 rings (SSSR count). The van der Waals surface area contributed by atoms with E-state index in [0.717, 1.165) is 22.7 Å². The van der Waals surface area contributed by atoms with Gasteiger partial charge >= 0.3 is 0 Å². The number of hydrogen-bond acceptors (Lipinski definition) is 4. The summed E-state index contributed by atoms with van der Waals surface area (Å²) < 4.78 is 17.9. The second-order valence-electron chi connectivity index (χ2n) is 7.02. The molecule has 0 atom stereocenters. The molecule has 0 spiro atoms. The van der Waals surface area contributed by atoms with E-state index >= 15 is 0 Å². The number of fused-ring (bicyclic) bond motifs is 1. The largest absolute Gasteiger partial charge is 0.322 e. The third-order valence-electron chi connectivity index (χ3n) is 4.73. The zero-order valence-corrected chi connectivity index (χ0v) is 18.3. The summed E-state index contributed by atoms with van der Waals surface area (Å²) in [5.74, 6) is -1.44. The molecular formula is C21H16FIN6O. The fourth-order valence-corrected chi connectivity index (χ4v) is 3.83. The van der Waals surface area contributed by atoms with E-state index < -0.39 is 11.7 Å². The van der Waals surface area contributed by atoms with Gasteiger partial charge in [0.25, 0.3) is 5.91 Å². The second kappa shape index (κ2) is 7.87. The van der Waals surface area contributed by atoms with Crippen molar-refractivity contribution in [3.63, 3.8) is 0 Å². The molecule has 1 amide bonds. The van der Waals surface area contributed by atoms with E-state index in [1.54, 1.807) is 32.1 Å². The summed E-state index contributed by atoms with van der Waals surface area (Å²) in [4.78, 5) is 13.0. The highest BCUT2D eigenvalue weighted by Gasteiger charge is 2.22. The zero-order valence-electron chi connectivity index (χ0n) is 16.1. The van der Waals surface area contributed by atoms with Crippen LogP contribution in [-0.2, 0) is 0 Å². The summed E-state index contributed by atoms with van der Waals surface area (Å²) in [6.45, 7) is 3.65. The fourth-order valence-electron chi connectivity index (χ4n) is 3.42. The Hall–Kier alpha value is -3.26. The van der Waals surface area contributed by atoms with Crippen molar-refractivity contribution in [1.82, 2.24) is 17.8 Å². The molecule has 4 aromatic rings. The highest BCUT2D eigenvalue weighted by Crippen LogP contribution is 2.28. The van der Waals surface area contributed by atoms with Crippen molar-refractivity contribution in [2.75, 3.05) is 5.32 Å². The Morgan fingerprint density at radius 1 is 1.23 bits per heavy atom. The number of nitrogens with zero attached hydrogens (tertiary/aromatic N) is 5. The van der Waals surface area contributed by atoms with Gasteiger partial charge in [0.2, 0.25) is 0 Å². The molecular weight excluding hydrogens is 498 g/mol. The van der Waals surface area contributed by atoms with Gasteiger partial charge in [-0.15, -0.1) is 0 Å². The van der Waals surface area contributed by atoms with Gasteiger partial charge in [-0.2, -0.15) is 15.5 Å². The maximum Gasteiger partial charge on any atom is 0.258 e. The van der Waals surface area contributed by atoms with Crippen LogP contribution >= 0.6 is 22.9 Å². The Labute approximate surface area is 185 Å². The third kappa shape index (κ3) is 3.54. The lowest BCUT2D eigenvalue weighted by molar-refractivity contribution is 0.102. The molecule has 0 aliphatic heterocycles. The molecule has 0 aliphatic carbocycles. The van der Waals surface area contributed by atoms with E-state index in [-0.39, 0.29) is 11.5 Å². The molecule has 0 fully saturated rings. The monoisotopic (exact) mass is 514 g/mol. The highest BCUT2D eigenvalue weighted by atomic mass is 127. The Morgan fingerprint density at radius 3 is 2.70 bits per heavy atom. The van der Waals surface area contributed by atoms with Gasteiger partial charge in [0, 0.05) is 11.1 Å². The van der Waals surface area contributed by atoms with Crippen molar-refractivity contribution in [3.05, 3.63) is 71.4 Å². The topological polar surface area (TPSA) is 88.5 Å². The molecule has 2 aromatic heterocycles. The number of aromatic nitrogens is 4. The first-order valence-corrected chi connectivity index (χ1v) is 10.1. The molecule has 0 aliphatic rings. The number of benzene rings is 2. The molecule has 0 saturated heterocycles. The van der Waals surface area contributed by atoms with Crippen LogP contribution in [0.4, 0.5) is 10.1 Å². The summed E-state index contributed by atoms with van der Waals surface area (Å²) in [7, 11) is 0. The summed E-state index contributed by atoms with van der Waals surface area (Å²) in [5.41, 5.74) is 2.62. The summed E-state index contributed by atoms with van der Waals surface area (Å²) in [5, 5.41) is 21.5. The van der Waals surface area contributed by atoms with Gasteiger partial charge in [-0.1, -0.05) is 13.8 Å². The first-order valence-electron chi connectivity index (χ1n) is 9.12. The minimum atomic E-state index is -0.657. The van der Waals surface area contributed by atoms with Crippen LogP contribution in [0.2, 0.25) is 0 Å². The predicted octanol–water partition coefficient (Wildman–Crippen LogP) is 4.81. The van der Waals surface area contributed by atoms with Crippen molar-refractivity contribution in [3.8, 4) is 11.8 Å². The minimum Gasteiger partial charge on any atom is -0.322 e. The van der Waals surface area contributed by atoms with Gasteiger partial charge in [0.1, 0.15) is 11.5 Å². The van der Waals surface area contributed by atoms with Gasteiger partial charge in [0.15, 0.2) is 0 Å². The molecule has 0 bridgehead atoms. The highest BCUT2D eigenvalue weighted by molar-refractivity contribution is 14.1. The average Bonchev–Trinajstić information content (AvgIpc) is 3.33. The van der Waals surface area contributed by atoms with Crippen LogP contribution in [0.1, 0.15) is 41.3 Å². The summed E-state index contributed by atoms with van der Waals surface area (Å²) >= 11 is 2.04. The lowest BCUT2D eigenvalue weighted by Gasteiger charge is -2.15. The zero-order chi connectivity index (χ0) is 21.4. The predicted molar refractivity (Wildman–Crippen MR) is 119 cm³/mol. The van der Waals surface area contributed by atoms with Gasteiger partial charge in [-0.25, -0.2) is 12.0 Å². The number of rotatable bonds is 4. The molecule has 0 radical (unpaired) electrons. The van der Waals surface area contributed by atoms with Gasteiger partial charge < -0.3 is 5.32 Å². The second-order valence-corrected chi connectivity index (χ2v) is 8.01. The maximum atomic E-state index is 14.6. The van der Waals surface area contributed by atoms with E-state index in [2.05, 4.69) is 15.5 Å². The SMILES string of the molecule is CC(C)c1c(C#N)ccc(F)c1C(=O)Nc1ccc2cnn(-c3cnn(I)c3)c2c1. The van der Waals surface area contributed by atoms with Gasteiger partial charge in [0.05, 0.1) is 64.2 Å². The van der Waals surface area contributed by atoms with Crippen molar-refractivity contribution >= 4 is 45.4 Å². The fraction of sp³-hybridized carbons (Fsp3) is 0.143. The van der Waals surface area contributed by atoms with Crippen LogP contribution in [0.15, 0.2) is 48.9 Å². The van der Waals surface area contributed by atoms with Gasteiger partial charge in [-0.3, -0.25) is 4.79 Å². The van der Waals surface area contributed by atoms with Crippen molar-refractivity contribution in [1.29, 1.82) is 5.26 Å². The Kier molecular flexibility index (Phi) is 5.26. The quantitative estimate of drug-likeness (QED) is 0.396. The molecule has 0 unspecified atom stereocenters. The smallest absolute Gasteiger partial charge is 0.258 e. The first kappa shape index (κ1) is 20.0. The third-order valence-corrected chi connectivity index (χ3v) is 5.26. The molecule has 7 nitrogen and oxygen atoms in total. The number of carbonyl (C=O) groups is 1. The van der Waals surface area contributed by atoms with E-state index in [1.807, 2.05) is 55.0 Å². The molecule has 150 valence electrons. The van der Waals surface area contributed by atoms with Crippen molar-refractivity contribution in [2.24, 2.45) is 0 Å². The molecule has 30 heavy (non-hydrogen) atoms. The van der Waals surface area contributed by atoms with Crippen molar-refractivity contribution < 1.29 is 9.18 Å². The number of anilines is 1. The standard InChI is InChI=1S/C21H16FIN6O/c1-12(2)19-13(8-24)4-6-17(22)20(19)21(30)27-15-5-3-14-9-26-29(18(14)7-15)16-10-25-28(23)11-16/h3-7,9-12H,1-2H3,(H,27,30). The summed E-state index contributed by atoms with van der Waals surface area (Å²) in [6, 6.07) is 9.93. The molecule has 0 saturated carbocycles. The molecule has 2 heterocycles. The molecule has 1 N–H and O–H groups in total. The normalized spacial score (nSPS) is 11.1. The number of amides is 1. The lowest BCUT2D eigenvalue weighted by atomic mass is 9.91.